The van der Waals surface area contributed by atoms with Crippen LogP contribution in [-0.4, -0.2) is 59.3 Å². The van der Waals surface area contributed by atoms with Gasteiger partial charge in [0.05, 0.1) is 6.10 Å². The van der Waals surface area contributed by atoms with Crippen LogP contribution in [0.4, 0.5) is 5.82 Å². The van der Waals surface area contributed by atoms with Gasteiger partial charge < -0.3 is 14.9 Å². The van der Waals surface area contributed by atoms with Crippen molar-refractivity contribution >= 4 is 5.82 Å². The molecule has 2 heterocycles. The Balaban J connectivity index is 1.55. The summed E-state index contributed by atoms with van der Waals surface area (Å²) in [5.41, 5.74) is 2.63. The highest BCUT2D eigenvalue weighted by atomic mass is 16.3. The topological polar surface area (TPSA) is 52.5 Å². The van der Waals surface area contributed by atoms with Gasteiger partial charge in [0.15, 0.2) is 0 Å². The van der Waals surface area contributed by atoms with E-state index in [0.29, 0.717) is 0 Å². The Kier molecular flexibility index (Phi) is 4.93. The third kappa shape index (κ3) is 3.58. The lowest BCUT2D eigenvalue weighted by molar-refractivity contribution is 0.101. The molecule has 2 aliphatic rings. The van der Waals surface area contributed by atoms with Crippen LogP contribution in [0.3, 0.4) is 0 Å². The van der Waals surface area contributed by atoms with Crippen LogP contribution in [0.25, 0.3) is 0 Å². The predicted molar refractivity (Wildman–Crippen MR) is 88.2 cm³/mol. The Bertz CT molecular complexity index is 497. The van der Waals surface area contributed by atoms with E-state index in [4.69, 9.17) is 0 Å². The third-order valence-electron chi connectivity index (χ3n) is 4.98. The summed E-state index contributed by atoms with van der Waals surface area (Å²) in [7, 11) is 2.17. The maximum atomic E-state index is 9.49. The molecule has 1 aliphatic heterocycles. The SMILES string of the molecule is C[C@H](O)CN1CCC(CN(C)c2ncnc3c2CCC3)CC1. The molecule has 0 aromatic carbocycles. The van der Waals surface area contributed by atoms with Gasteiger partial charge >= 0.3 is 0 Å². The highest BCUT2D eigenvalue weighted by Crippen LogP contribution is 2.28. The second-order valence-corrected chi connectivity index (χ2v) is 6.95. The molecule has 0 amide bonds. The summed E-state index contributed by atoms with van der Waals surface area (Å²) in [6.07, 6.45) is 7.38. The van der Waals surface area contributed by atoms with Crippen molar-refractivity contribution in [3.8, 4) is 0 Å². The molecule has 0 bridgehead atoms. The summed E-state index contributed by atoms with van der Waals surface area (Å²) < 4.78 is 0. The van der Waals surface area contributed by atoms with Crippen LogP contribution in [0.15, 0.2) is 6.33 Å². The number of fused-ring (bicyclic) bond motifs is 1. The van der Waals surface area contributed by atoms with Crippen molar-refractivity contribution in [3.63, 3.8) is 0 Å². The summed E-state index contributed by atoms with van der Waals surface area (Å²) in [6, 6.07) is 0. The maximum Gasteiger partial charge on any atom is 0.135 e. The van der Waals surface area contributed by atoms with E-state index in [0.717, 1.165) is 50.8 Å². The highest BCUT2D eigenvalue weighted by molar-refractivity contribution is 5.49. The van der Waals surface area contributed by atoms with Gasteiger partial charge in [0.25, 0.3) is 0 Å². The fraction of sp³-hybridized carbons (Fsp3) is 0.765. The molecule has 22 heavy (non-hydrogen) atoms. The standard InChI is InChI=1S/C17H28N4O/c1-13(22)10-21-8-6-14(7-9-21)11-20(2)17-15-4-3-5-16(15)18-12-19-17/h12-14,22H,3-11H2,1-2H3/t13-/m0/s1. The lowest BCUT2D eigenvalue weighted by Gasteiger charge is -2.35. The lowest BCUT2D eigenvalue weighted by Crippen LogP contribution is -2.40. The summed E-state index contributed by atoms with van der Waals surface area (Å²) in [6.45, 7) is 5.96. The number of rotatable bonds is 5. The van der Waals surface area contributed by atoms with E-state index in [1.807, 2.05) is 6.92 Å². The first kappa shape index (κ1) is 15.7. The minimum atomic E-state index is -0.220. The van der Waals surface area contributed by atoms with Crippen LogP contribution < -0.4 is 4.90 Å². The first-order chi connectivity index (χ1) is 10.6. The lowest BCUT2D eigenvalue weighted by atomic mass is 9.96. The summed E-state index contributed by atoms with van der Waals surface area (Å²) >= 11 is 0. The zero-order valence-electron chi connectivity index (χ0n) is 13.8. The molecular formula is C17H28N4O. The van der Waals surface area contributed by atoms with Crippen molar-refractivity contribution in [2.75, 3.05) is 38.1 Å². The Morgan fingerprint density at radius 3 is 2.82 bits per heavy atom. The van der Waals surface area contributed by atoms with E-state index in [-0.39, 0.29) is 6.10 Å². The number of likely N-dealkylation sites (tertiary alicyclic amines) is 1. The Morgan fingerprint density at radius 1 is 1.32 bits per heavy atom. The van der Waals surface area contributed by atoms with E-state index < -0.39 is 0 Å². The van der Waals surface area contributed by atoms with Crippen molar-refractivity contribution in [1.29, 1.82) is 0 Å². The van der Waals surface area contributed by atoms with Crippen LogP contribution in [-0.2, 0) is 12.8 Å². The number of aliphatic hydroxyl groups is 1. The van der Waals surface area contributed by atoms with Crippen molar-refractivity contribution in [2.24, 2.45) is 5.92 Å². The molecule has 1 atom stereocenters. The minimum absolute atomic E-state index is 0.220. The minimum Gasteiger partial charge on any atom is -0.392 e. The third-order valence-corrected chi connectivity index (χ3v) is 4.98. The molecule has 1 N–H and O–H groups in total. The number of hydrogen-bond donors (Lipinski definition) is 1. The van der Waals surface area contributed by atoms with Gasteiger partial charge in [-0.25, -0.2) is 9.97 Å². The average molecular weight is 304 g/mol. The fourth-order valence-corrected chi connectivity index (χ4v) is 3.87. The van der Waals surface area contributed by atoms with Crippen molar-refractivity contribution < 1.29 is 5.11 Å². The highest BCUT2D eigenvalue weighted by Gasteiger charge is 2.24. The molecule has 1 aromatic rings. The molecule has 1 aliphatic carbocycles. The fourth-order valence-electron chi connectivity index (χ4n) is 3.87. The zero-order valence-corrected chi connectivity index (χ0v) is 13.8. The molecular weight excluding hydrogens is 276 g/mol. The molecule has 0 radical (unpaired) electrons. The predicted octanol–water partition coefficient (Wildman–Crippen LogP) is 1.49. The molecule has 5 nitrogen and oxygen atoms in total. The zero-order chi connectivity index (χ0) is 15.5. The molecule has 0 spiro atoms. The van der Waals surface area contributed by atoms with Crippen molar-refractivity contribution in [3.05, 3.63) is 17.6 Å². The monoisotopic (exact) mass is 304 g/mol. The first-order valence-corrected chi connectivity index (χ1v) is 8.57. The van der Waals surface area contributed by atoms with E-state index in [1.165, 1.54) is 30.5 Å². The number of β-amino-alcohol motifs (C(OH)–C–C–N with tert-alkyl or cyclic N) is 1. The van der Waals surface area contributed by atoms with Crippen LogP contribution in [0.1, 0.15) is 37.4 Å². The van der Waals surface area contributed by atoms with Gasteiger partial charge in [0.1, 0.15) is 12.1 Å². The van der Waals surface area contributed by atoms with Crippen LogP contribution >= 0.6 is 0 Å². The van der Waals surface area contributed by atoms with E-state index >= 15 is 0 Å². The summed E-state index contributed by atoms with van der Waals surface area (Å²) in [5, 5.41) is 9.49. The van der Waals surface area contributed by atoms with Gasteiger partial charge in [-0.05, 0) is 58.0 Å². The molecule has 0 saturated carbocycles. The maximum absolute atomic E-state index is 9.49. The number of hydrogen-bond acceptors (Lipinski definition) is 5. The molecule has 0 unspecified atom stereocenters. The molecule has 1 aromatic heterocycles. The molecule has 5 heteroatoms. The van der Waals surface area contributed by atoms with Gasteiger partial charge in [-0.1, -0.05) is 0 Å². The summed E-state index contributed by atoms with van der Waals surface area (Å²) in [5.74, 6) is 1.87. The summed E-state index contributed by atoms with van der Waals surface area (Å²) in [4.78, 5) is 13.7. The second-order valence-electron chi connectivity index (χ2n) is 6.95. The number of piperidine rings is 1. The second kappa shape index (κ2) is 6.92. The van der Waals surface area contributed by atoms with Crippen molar-refractivity contribution in [2.45, 2.75) is 45.1 Å². The van der Waals surface area contributed by atoms with Gasteiger partial charge in [-0.15, -0.1) is 0 Å². The Labute approximate surface area is 133 Å². The van der Waals surface area contributed by atoms with Crippen molar-refractivity contribution in [1.82, 2.24) is 14.9 Å². The Morgan fingerprint density at radius 2 is 2.09 bits per heavy atom. The van der Waals surface area contributed by atoms with Gasteiger partial charge in [-0.3, -0.25) is 0 Å². The molecule has 1 fully saturated rings. The van der Waals surface area contributed by atoms with Crippen LogP contribution in [0.5, 0.6) is 0 Å². The molecule has 3 rings (SSSR count). The largest absolute Gasteiger partial charge is 0.392 e. The van der Waals surface area contributed by atoms with Crippen LogP contribution in [0.2, 0.25) is 0 Å². The van der Waals surface area contributed by atoms with E-state index in [1.54, 1.807) is 6.33 Å². The number of anilines is 1. The number of aromatic nitrogens is 2. The number of nitrogens with zero attached hydrogens (tertiary/aromatic N) is 4. The number of aliphatic hydroxyl groups excluding tert-OH is 1. The normalized spacial score (nSPS) is 20.9. The van der Waals surface area contributed by atoms with E-state index in [9.17, 15) is 5.11 Å². The smallest absolute Gasteiger partial charge is 0.135 e. The van der Waals surface area contributed by atoms with Gasteiger partial charge in [0.2, 0.25) is 0 Å². The van der Waals surface area contributed by atoms with E-state index in [2.05, 4.69) is 26.8 Å². The quantitative estimate of drug-likeness (QED) is 0.893. The average Bonchev–Trinajstić information content (AvgIpc) is 2.97. The van der Waals surface area contributed by atoms with Gasteiger partial charge in [-0.2, -0.15) is 0 Å². The Hall–Kier alpha value is -1.20. The molecule has 1 saturated heterocycles. The molecule has 122 valence electrons. The first-order valence-electron chi connectivity index (χ1n) is 8.57. The van der Waals surface area contributed by atoms with Crippen LogP contribution in [0, 0.1) is 5.92 Å². The number of aryl methyl sites for hydroxylation is 1. The van der Waals surface area contributed by atoms with Gasteiger partial charge in [0, 0.05) is 31.4 Å².